The van der Waals surface area contributed by atoms with E-state index in [-0.39, 0.29) is 5.92 Å². The fourth-order valence-corrected chi connectivity index (χ4v) is 14.3. The molecule has 0 saturated heterocycles. The largest absolute Gasteiger partial charge is 0.310 e. The molecule has 3 heteroatoms. The summed E-state index contributed by atoms with van der Waals surface area (Å²) >= 11 is 0. The van der Waals surface area contributed by atoms with E-state index in [0.717, 1.165) is 29.9 Å². The monoisotopic (exact) mass is 1020 g/mol. The van der Waals surface area contributed by atoms with Crippen LogP contribution in [0.15, 0.2) is 279 Å². The standard InChI is InChI=1S/C77H51N3/c1-5-21-49(22-6-1)41-42-57(50-23-7-2-8-24-50)62-43-44-63-65-47-71-66(48-70(65)79-67-39-19-37-60(72(67)74(62)76(63)79)58-35-17-27-51-25-13-15-33-55(51)58)64-45-46-69(78(53-29-9-3-10-30-53)54-31-11-4-12-32-54)75-73-61(38-20-40-68(73)80(71)77(64)75)59-36-18-28-52-26-14-16-34-56(52)59/h1-40,43-48,57H,41-42H2. The van der Waals surface area contributed by atoms with Gasteiger partial charge in [-0.15, -0.1) is 0 Å². The summed E-state index contributed by atoms with van der Waals surface area (Å²) in [6, 6.07) is 104. The maximum absolute atomic E-state index is 2.63. The van der Waals surface area contributed by atoms with Crippen molar-refractivity contribution in [3.8, 4) is 22.3 Å². The van der Waals surface area contributed by atoms with Crippen LogP contribution in [-0.2, 0) is 6.42 Å². The number of nitrogens with zero attached hydrogens (tertiary/aromatic N) is 3. The summed E-state index contributed by atoms with van der Waals surface area (Å²) in [6.45, 7) is 0. The van der Waals surface area contributed by atoms with Crippen molar-refractivity contribution >= 4 is 115 Å². The van der Waals surface area contributed by atoms with E-state index >= 15 is 0 Å². The second-order valence-corrected chi connectivity index (χ2v) is 21.8. The molecule has 1 unspecified atom stereocenters. The summed E-state index contributed by atoms with van der Waals surface area (Å²) in [7, 11) is 0. The van der Waals surface area contributed by atoms with Gasteiger partial charge in [0.1, 0.15) is 0 Å². The molecule has 0 fully saturated rings. The molecule has 4 aromatic heterocycles. The normalized spacial score (nSPS) is 12.6. The first-order valence-corrected chi connectivity index (χ1v) is 28.1. The molecule has 0 aliphatic carbocycles. The first kappa shape index (κ1) is 44.9. The van der Waals surface area contributed by atoms with E-state index < -0.39 is 0 Å². The maximum Gasteiger partial charge on any atom is 0.0641 e. The molecular formula is C77H51N3. The topological polar surface area (TPSA) is 12.1 Å². The van der Waals surface area contributed by atoms with Gasteiger partial charge in [0, 0.05) is 60.4 Å². The Balaban J connectivity index is 1.00. The van der Waals surface area contributed by atoms with E-state index in [1.165, 1.54) is 137 Å². The Morgan fingerprint density at radius 1 is 0.312 bits per heavy atom. The van der Waals surface area contributed by atoms with Crippen LogP contribution in [0.3, 0.4) is 0 Å². The lowest BCUT2D eigenvalue weighted by Gasteiger charge is -2.26. The predicted octanol–water partition coefficient (Wildman–Crippen LogP) is 20.9. The molecule has 0 spiro atoms. The zero-order chi connectivity index (χ0) is 52.4. The van der Waals surface area contributed by atoms with E-state index in [4.69, 9.17) is 0 Å². The highest BCUT2D eigenvalue weighted by atomic mass is 15.1. The van der Waals surface area contributed by atoms with Crippen molar-refractivity contribution in [2.45, 2.75) is 18.8 Å². The van der Waals surface area contributed by atoms with Crippen molar-refractivity contribution in [1.29, 1.82) is 0 Å². The minimum absolute atomic E-state index is 0.154. The van der Waals surface area contributed by atoms with Gasteiger partial charge in [-0.25, -0.2) is 0 Å². The predicted molar refractivity (Wildman–Crippen MR) is 339 cm³/mol. The number of hydrogen-bond acceptors (Lipinski definition) is 1. The molecule has 17 rings (SSSR count). The van der Waals surface area contributed by atoms with E-state index in [1.54, 1.807) is 0 Å². The molecular weight excluding hydrogens is 967 g/mol. The molecule has 13 aromatic carbocycles. The molecule has 0 aliphatic heterocycles. The average molecular weight is 1020 g/mol. The Bertz CT molecular complexity index is 5180. The lowest BCUT2D eigenvalue weighted by atomic mass is 9.83. The lowest BCUT2D eigenvalue weighted by molar-refractivity contribution is 0.720. The van der Waals surface area contributed by atoms with E-state index in [0.29, 0.717) is 0 Å². The number of aryl methyl sites for hydroxylation is 1. The number of benzene rings is 13. The molecule has 17 aromatic rings. The molecule has 0 bridgehead atoms. The SMILES string of the molecule is c1ccc(CCC(c2ccccc2)c2ccc3c4cc5c(cc4n4c6cccc(-c7cccc8ccccc78)c6c2c34)c2ccc(N(c3ccccc3)c3ccccc3)c3c4c(-c6cccc7ccccc67)cccc4n5c23)cc1. The third-order valence-electron chi connectivity index (χ3n) is 17.6. The van der Waals surface area contributed by atoms with Gasteiger partial charge in [0.15, 0.2) is 0 Å². The van der Waals surface area contributed by atoms with Crippen molar-refractivity contribution < 1.29 is 0 Å². The Morgan fingerprint density at radius 2 is 0.762 bits per heavy atom. The minimum atomic E-state index is 0.154. The number of aromatic nitrogens is 2. The second kappa shape index (κ2) is 17.7. The lowest BCUT2D eigenvalue weighted by Crippen LogP contribution is -2.10. The van der Waals surface area contributed by atoms with E-state index in [1.807, 2.05) is 0 Å². The molecule has 1 atom stereocenters. The van der Waals surface area contributed by atoms with Crippen molar-refractivity contribution in [2.75, 3.05) is 4.90 Å². The Kier molecular flexibility index (Phi) is 9.90. The molecule has 0 radical (unpaired) electrons. The summed E-state index contributed by atoms with van der Waals surface area (Å²) < 4.78 is 5.24. The van der Waals surface area contributed by atoms with Crippen molar-refractivity contribution in [3.05, 3.63) is 296 Å². The average Bonchev–Trinajstić information content (AvgIpc) is 4.13. The number of para-hydroxylation sites is 2. The van der Waals surface area contributed by atoms with Crippen LogP contribution in [0, 0.1) is 0 Å². The molecule has 374 valence electrons. The van der Waals surface area contributed by atoms with Gasteiger partial charge in [0.25, 0.3) is 0 Å². The second-order valence-electron chi connectivity index (χ2n) is 21.8. The summed E-state index contributed by atoms with van der Waals surface area (Å²) in [4.78, 5) is 2.46. The van der Waals surface area contributed by atoms with Crippen LogP contribution in [0.5, 0.6) is 0 Å². The smallest absolute Gasteiger partial charge is 0.0641 e. The molecule has 80 heavy (non-hydrogen) atoms. The third kappa shape index (κ3) is 6.55. The first-order valence-electron chi connectivity index (χ1n) is 28.1. The summed E-state index contributed by atoms with van der Waals surface area (Å²) in [5.41, 5.74) is 19.9. The van der Waals surface area contributed by atoms with Crippen LogP contribution < -0.4 is 4.90 Å². The van der Waals surface area contributed by atoms with Crippen molar-refractivity contribution in [2.24, 2.45) is 0 Å². The fourth-order valence-electron chi connectivity index (χ4n) is 14.3. The van der Waals surface area contributed by atoms with Crippen LogP contribution in [0.4, 0.5) is 17.1 Å². The number of hydrogen-bond donors (Lipinski definition) is 0. The van der Waals surface area contributed by atoms with Gasteiger partial charge in [0.2, 0.25) is 0 Å². The molecule has 0 N–H and O–H groups in total. The molecule has 3 nitrogen and oxygen atoms in total. The van der Waals surface area contributed by atoms with Gasteiger partial charge in [-0.2, -0.15) is 0 Å². The van der Waals surface area contributed by atoms with E-state index in [2.05, 4.69) is 293 Å². The fraction of sp³-hybridized carbons (Fsp3) is 0.0390. The summed E-state index contributed by atoms with van der Waals surface area (Å²) in [6.07, 6.45) is 1.96. The van der Waals surface area contributed by atoms with Crippen LogP contribution >= 0.6 is 0 Å². The van der Waals surface area contributed by atoms with Crippen molar-refractivity contribution in [1.82, 2.24) is 8.80 Å². The van der Waals surface area contributed by atoms with Gasteiger partial charge >= 0.3 is 0 Å². The Hall–Kier alpha value is -10.2. The highest BCUT2D eigenvalue weighted by molar-refractivity contribution is 6.34. The zero-order valence-corrected chi connectivity index (χ0v) is 43.9. The van der Waals surface area contributed by atoms with Crippen LogP contribution in [0.1, 0.15) is 29.0 Å². The Labute approximate surface area is 462 Å². The van der Waals surface area contributed by atoms with Crippen LogP contribution in [0.2, 0.25) is 0 Å². The molecule has 4 heterocycles. The number of rotatable bonds is 10. The van der Waals surface area contributed by atoms with Gasteiger partial charge in [-0.3, -0.25) is 0 Å². The van der Waals surface area contributed by atoms with Gasteiger partial charge in [-0.05, 0) is 128 Å². The van der Waals surface area contributed by atoms with Crippen LogP contribution in [-0.4, -0.2) is 8.80 Å². The quantitative estimate of drug-likeness (QED) is 0.133. The third-order valence-corrected chi connectivity index (χ3v) is 17.6. The number of fused-ring (bicyclic) bond motifs is 14. The van der Waals surface area contributed by atoms with Gasteiger partial charge in [0.05, 0.1) is 38.8 Å². The molecule has 0 aliphatic rings. The Morgan fingerprint density at radius 3 is 1.34 bits per heavy atom. The molecule has 0 saturated carbocycles. The number of anilines is 3. The van der Waals surface area contributed by atoms with Crippen molar-refractivity contribution in [3.63, 3.8) is 0 Å². The summed E-state index contributed by atoms with van der Waals surface area (Å²) in [5, 5.41) is 15.2. The summed E-state index contributed by atoms with van der Waals surface area (Å²) in [5.74, 6) is 0.154. The maximum atomic E-state index is 2.63. The highest BCUT2D eigenvalue weighted by Crippen LogP contribution is 2.53. The first-order chi connectivity index (χ1) is 39.7. The van der Waals surface area contributed by atoms with E-state index in [9.17, 15) is 0 Å². The van der Waals surface area contributed by atoms with Crippen LogP contribution in [0.25, 0.3) is 120 Å². The van der Waals surface area contributed by atoms with Gasteiger partial charge < -0.3 is 13.7 Å². The molecule has 0 amide bonds. The zero-order valence-electron chi connectivity index (χ0n) is 43.9. The highest BCUT2D eigenvalue weighted by Gasteiger charge is 2.30. The van der Waals surface area contributed by atoms with Gasteiger partial charge in [-0.1, -0.05) is 224 Å². The minimum Gasteiger partial charge on any atom is -0.310 e.